The number of aliphatic hydroxyl groups is 1. The van der Waals surface area contributed by atoms with Gasteiger partial charge in [0, 0.05) is 12.0 Å². The molecule has 1 rings (SSSR count). The molecule has 0 aliphatic heterocycles. The molecule has 1 aromatic carbocycles. The molecular formula is C12H11F5O2. The van der Waals surface area contributed by atoms with Crippen LogP contribution in [0.5, 0.6) is 0 Å². The molecule has 0 heterocycles. The number of hydrogen-bond acceptors (Lipinski definition) is 2. The van der Waals surface area contributed by atoms with Gasteiger partial charge in [0.2, 0.25) is 0 Å². The van der Waals surface area contributed by atoms with E-state index in [-0.39, 0.29) is 5.56 Å². The van der Waals surface area contributed by atoms with Crippen LogP contribution in [0.4, 0.5) is 22.0 Å². The van der Waals surface area contributed by atoms with Crippen LogP contribution in [-0.2, 0) is 0 Å². The average Bonchev–Trinajstić information content (AvgIpc) is 2.28. The van der Waals surface area contributed by atoms with Crippen LogP contribution in [0.15, 0.2) is 24.3 Å². The summed E-state index contributed by atoms with van der Waals surface area (Å²) in [5.41, 5.74) is 0.778. The van der Waals surface area contributed by atoms with Crippen molar-refractivity contribution in [3.63, 3.8) is 0 Å². The lowest BCUT2D eigenvalue weighted by Gasteiger charge is -2.24. The van der Waals surface area contributed by atoms with Gasteiger partial charge in [-0.1, -0.05) is 29.8 Å². The predicted molar refractivity (Wildman–Crippen MR) is 57.1 cm³/mol. The number of hydrogen-bond donors (Lipinski definition) is 1. The second kappa shape index (κ2) is 5.24. The number of aliphatic hydroxyl groups excluding tert-OH is 1. The van der Waals surface area contributed by atoms with E-state index in [1.165, 1.54) is 24.3 Å². The van der Waals surface area contributed by atoms with Crippen molar-refractivity contribution in [3.05, 3.63) is 35.4 Å². The number of aryl methyl sites for hydroxylation is 1. The Balaban J connectivity index is 2.80. The molecule has 0 aliphatic rings. The smallest absolute Gasteiger partial charge is 0.386 e. The van der Waals surface area contributed by atoms with Crippen molar-refractivity contribution >= 4 is 5.78 Å². The standard InChI is InChI=1S/C12H11F5O2/c1-7-2-4-8(5-3-7)9(18)6-10(19)11(13,14)12(15,16)17/h2-5,10,19H,6H2,1H3. The van der Waals surface area contributed by atoms with Gasteiger partial charge in [-0.3, -0.25) is 4.79 Å². The fourth-order valence-electron chi connectivity index (χ4n) is 1.35. The van der Waals surface area contributed by atoms with Crippen molar-refractivity contribution in [1.82, 2.24) is 0 Å². The molecule has 0 bridgehead atoms. The Labute approximate surface area is 105 Å². The number of Topliss-reactive ketones (excluding diaryl/α,β-unsaturated/α-hetero) is 1. The molecule has 0 spiro atoms. The Morgan fingerprint density at radius 2 is 1.63 bits per heavy atom. The van der Waals surface area contributed by atoms with Gasteiger partial charge in [0.15, 0.2) is 5.78 Å². The molecule has 19 heavy (non-hydrogen) atoms. The zero-order chi connectivity index (χ0) is 14.8. The molecule has 7 heteroatoms. The van der Waals surface area contributed by atoms with Crippen LogP contribution in [0, 0.1) is 6.92 Å². The Hall–Kier alpha value is -1.50. The highest BCUT2D eigenvalue weighted by Crippen LogP contribution is 2.39. The minimum Gasteiger partial charge on any atom is -0.386 e. The maximum atomic E-state index is 12.7. The maximum Gasteiger partial charge on any atom is 0.456 e. The van der Waals surface area contributed by atoms with Crippen LogP contribution in [-0.4, -0.2) is 29.1 Å². The van der Waals surface area contributed by atoms with E-state index in [4.69, 9.17) is 5.11 Å². The molecule has 0 saturated carbocycles. The van der Waals surface area contributed by atoms with E-state index in [0.717, 1.165) is 5.56 Å². The first-order chi connectivity index (χ1) is 8.55. The van der Waals surface area contributed by atoms with Crippen molar-refractivity contribution in [2.45, 2.75) is 31.5 Å². The van der Waals surface area contributed by atoms with E-state index in [0.29, 0.717) is 0 Å². The SMILES string of the molecule is Cc1ccc(C(=O)CC(O)C(F)(F)C(F)(F)F)cc1. The summed E-state index contributed by atoms with van der Waals surface area (Å²) in [5, 5.41) is 8.91. The first kappa shape index (κ1) is 15.6. The van der Waals surface area contributed by atoms with E-state index >= 15 is 0 Å². The fourth-order valence-corrected chi connectivity index (χ4v) is 1.35. The van der Waals surface area contributed by atoms with Gasteiger partial charge in [0.25, 0.3) is 0 Å². The molecule has 0 aliphatic carbocycles. The van der Waals surface area contributed by atoms with Crippen molar-refractivity contribution in [3.8, 4) is 0 Å². The molecule has 0 fully saturated rings. The summed E-state index contributed by atoms with van der Waals surface area (Å²) < 4.78 is 61.4. The van der Waals surface area contributed by atoms with E-state index in [1.807, 2.05) is 0 Å². The van der Waals surface area contributed by atoms with Crippen LogP contribution in [0.25, 0.3) is 0 Å². The largest absolute Gasteiger partial charge is 0.456 e. The summed E-state index contributed by atoms with van der Waals surface area (Å²) in [7, 11) is 0. The zero-order valence-electron chi connectivity index (χ0n) is 9.84. The van der Waals surface area contributed by atoms with Gasteiger partial charge in [0.05, 0.1) is 0 Å². The summed E-state index contributed by atoms with van der Waals surface area (Å²) in [6.45, 7) is 1.72. The normalized spacial score (nSPS) is 14.3. The summed E-state index contributed by atoms with van der Waals surface area (Å²) >= 11 is 0. The molecule has 1 N–H and O–H groups in total. The minimum atomic E-state index is -5.89. The lowest BCUT2D eigenvalue weighted by Crippen LogP contribution is -2.47. The molecule has 1 aromatic rings. The quantitative estimate of drug-likeness (QED) is 0.680. The Morgan fingerprint density at radius 1 is 1.16 bits per heavy atom. The molecule has 0 saturated heterocycles. The highest BCUT2D eigenvalue weighted by molar-refractivity contribution is 5.96. The van der Waals surface area contributed by atoms with Gasteiger partial charge in [0.1, 0.15) is 6.10 Å². The van der Waals surface area contributed by atoms with E-state index < -0.39 is 30.4 Å². The van der Waals surface area contributed by atoms with Crippen LogP contribution < -0.4 is 0 Å². The topological polar surface area (TPSA) is 37.3 Å². The number of alkyl halides is 5. The number of rotatable bonds is 4. The number of carbonyl (C=O) groups excluding carboxylic acids is 1. The Morgan fingerprint density at radius 3 is 2.05 bits per heavy atom. The van der Waals surface area contributed by atoms with E-state index in [9.17, 15) is 26.7 Å². The summed E-state index contributed by atoms with van der Waals surface area (Å²) in [6, 6.07) is 5.63. The third kappa shape index (κ3) is 3.50. The van der Waals surface area contributed by atoms with Gasteiger partial charge >= 0.3 is 12.1 Å². The molecule has 2 nitrogen and oxygen atoms in total. The lowest BCUT2D eigenvalue weighted by atomic mass is 10.0. The van der Waals surface area contributed by atoms with Crippen LogP contribution in [0.1, 0.15) is 22.3 Å². The van der Waals surface area contributed by atoms with Crippen molar-refractivity contribution in [2.75, 3.05) is 0 Å². The molecule has 1 unspecified atom stereocenters. The van der Waals surface area contributed by atoms with E-state index in [1.54, 1.807) is 6.92 Å². The molecule has 0 radical (unpaired) electrons. The van der Waals surface area contributed by atoms with Crippen molar-refractivity contribution in [1.29, 1.82) is 0 Å². The molecule has 106 valence electrons. The number of benzene rings is 1. The van der Waals surface area contributed by atoms with Gasteiger partial charge in [-0.2, -0.15) is 22.0 Å². The summed E-state index contributed by atoms with van der Waals surface area (Å²) in [4.78, 5) is 11.5. The number of ketones is 1. The number of carbonyl (C=O) groups is 1. The van der Waals surface area contributed by atoms with E-state index in [2.05, 4.69) is 0 Å². The highest BCUT2D eigenvalue weighted by Gasteiger charge is 2.62. The Kier molecular flexibility index (Phi) is 4.29. The first-order valence-corrected chi connectivity index (χ1v) is 5.28. The maximum absolute atomic E-state index is 12.7. The molecule has 0 aromatic heterocycles. The fraction of sp³-hybridized carbons (Fsp3) is 0.417. The third-order valence-electron chi connectivity index (χ3n) is 2.55. The van der Waals surface area contributed by atoms with Crippen LogP contribution in [0.2, 0.25) is 0 Å². The lowest BCUT2D eigenvalue weighted by molar-refractivity contribution is -0.311. The molecule has 0 amide bonds. The highest BCUT2D eigenvalue weighted by atomic mass is 19.4. The van der Waals surface area contributed by atoms with Crippen LogP contribution in [0.3, 0.4) is 0 Å². The zero-order valence-corrected chi connectivity index (χ0v) is 9.84. The molecule has 1 atom stereocenters. The second-order valence-corrected chi connectivity index (χ2v) is 4.13. The van der Waals surface area contributed by atoms with Crippen LogP contribution >= 0.6 is 0 Å². The van der Waals surface area contributed by atoms with Gasteiger partial charge < -0.3 is 5.11 Å². The average molecular weight is 282 g/mol. The first-order valence-electron chi connectivity index (χ1n) is 5.28. The predicted octanol–water partition coefficient (Wildman–Crippen LogP) is 3.13. The summed E-state index contributed by atoms with van der Waals surface area (Å²) in [5.74, 6) is -6.29. The van der Waals surface area contributed by atoms with Gasteiger partial charge in [-0.15, -0.1) is 0 Å². The third-order valence-corrected chi connectivity index (χ3v) is 2.55. The van der Waals surface area contributed by atoms with Crippen molar-refractivity contribution in [2.24, 2.45) is 0 Å². The monoisotopic (exact) mass is 282 g/mol. The second-order valence-electron chi connectivity index (χ2n) is 4.13. The Bertz CT molecular complexity index is 450. The van der Waals surface area contributed by atoms with Gasteiger partial charge in [-0.05, 0) is 6.92 Å². The number of halogens is 5. The summed E-state index contributed by atoms with van der Waals surface area (Å²) in [6.07, 6.45) is -10.3. The molecular weight excluding hydrogens is 271 g/mol. The van der Waals surface area contributed by atoms with Crippen molar-refractivity contribution < 1.29 is 31.9 Å². The van der Waals surface area contributed by atoms with Gasteiger partial charge in [-0.25, -0.2) is 0 Å². The minimum absolute atomic E-state index is 0.0253.